The zero-order valence-corrected chi connectivity index (χ0v) is 14.0. The van der Waals surface area contributed by atoms with Crippen LogP contribution in [0, 0.1) is 5.41 Å². The van der Waals surface area contributed by atoms with Crippen molar-refractivity contribution in [3.8, 4) is 0 Å². The van der Waals surface area contributed by atoms with Crippen LogP contribution < -0.4 is 4.90 Å². The number of aromatic nitrogens is 2. The standard InChI is InChI=1S/C13H18N4O.C4H8/c1-3-11-4-5-14-12(15-11)17-8-13(9-17)6-16(7-13)10(2)18;1-3-4-2/h4-5H,3,6-9H2,1-2H3;3-4H,1-2H3/b;4-3-. The summed E-state index contributed by atoms with van der Waals surface area (Å²) in [5, 5.41) is 0. The second-order valence-corrected chi connectivity index (χ2v) is 6.10. The molecule has 5 heteroatoms. The highest BCUT2D eigenvalue weighted by Gasteiger charge is 2.53. The number of likely N-dealkylation sites (tertiary alicyclic amines) is 1. The third kappa shape index (κ3) is 3.46. The minimum atomic E-state index is 0.184. The van der Waals surface area contributed by atoms with Crippen molar-refractivity contribution < 1.29 is 4.79 Å². The quantitative estimate of drug-likeness (QED) is 0.787. The lowest BCUT2D eigenvalue weighted by Crippen LogP contribution is -2.73. The third-order valence-electron chi connectivity index (χ3n) is 4.23. The van der Waals surface area contributed by atoms with E-state index in [9.17, 15) is 4.79 Å². The van der Waals surface area contributed by atoms with Crippen LogP contribution >= 0.6 is 0 Å². The zero-order valence-electron chi connectivity index (χ0n) is 14.0. The molecule has 0 radical (unpaired) electrons. The largest absolute Gasteiger partial charge is 0.341 e. The average Bonchev–Trinajstić information content (AvgIpc) is 2.44. The average molecular weight is 302 g/mol. The number of aryl methyl sites for hydroxylation is 1. The highest BCUT2D eigenvalue weighted by atomic mass is 16.2. The minimum absolute atomic E-state index is 0.184. The Balaban J connectivity index is 0.000000396. The Labute approximate surface area is 133 Å². The molecule has 3 heterocycles. The molecule has 2 aliphatic heterocycles. The summed E-state index contributed by atoms with van der Waals surface area (Å²) in [5.41, 5.74) is 1.40. The number of amides is 1. The Kier molecular flexibility index (Phi) is 5.16. The van der Waals surface area contributed by atoms with E-state index in [2.05, 4.69) is 21.8 Å². The Morgan fingerprint density at radius 3 is 2.41 bits per heavy atom. The maximum atomic E-state index is 11.2. The number of anilines is 1. The van der Waals surface area contributed by atoms with E-state index in [1.54, 1.807) is 6.92 Å². The Morgan fingerprint density at radius 2 is 1.91 bits per heavy atom. The Morgan fingerprint density at radius 1 is 1.27 bits per heavy atom. The number of allylic oxidation sites excluding steroid dienone is 2. The van der Waals surface area contributed by atoms with Crippen molar-refractivity contribution in [2.75, 3.05) is 31.1 Å². The zero-order chi connectivity index (χ0) is 16.2. The Bertz CT molecular complexity index is 537. The van der Waals surface area contributed by atoms with Crippen molar-refractivity contribution in [3.63, 3.8) is 0 Å². The monoisotopic (exact) mass is 302 g/mol. The lowest BCUT2D eigenvalue weighted by molar-refractivity contribution is -0.142. The van der Waals surface area contributed by atoms with Crippen molar-refractivity contribution >= 4 is 11.9 Å². The van der Waals surface area contributed by atoms with Crippen molar-refractivity contribution in [1.82, 2.24) is 14.9 Å². The van der Waals surface area contributed by atoms with Crippen LogP contribution in [0.1, 0.15) is 33.4 Å². The molecule has 0 N–H and O–H groups in total. The van der Waals surface area contributed by atoms with Gasteiger partial charge in [-0.05, 0) is 26.3 Å². The molecular weight excluding hydrogens is 276 g/mol. The van der Waals surface area contributed by atoms with E-state index in [0.29, 0.717) is 5.41 Å². The molecule has 0 bridgehead atoms. The molecule has 1 aromatic rings. The molecule has 0 aromatic carbocycles. The lowest BCUT2D eigenvalue weighted by Gasteiger charge is -2.60. The number of carbonyl (C=O) groups is 1. The predicted octanol–water partition coefficient (Wildman–Crippen LogP) is 2.29. The second-order valence-electron chi connectivity index (χ2n) is 6.10. The van der Waals surface area contributed by atoms with Crippen LogP contribution in [0.2, 0.25) is 0 Å². The number of hydrogen-bond donors (Lipinski definition) is 0. The maximum absolute atomic E-state index is 11.2. The topological polar surface area (TPSA) is 49.3 Å². The van der Waals surface area contributed by atoms with Gasteiger partial charge in [0.05, 0.1) is 0 Å². The van der Waals surface area contributed by atoms with Crippen LogP contribution in [0.4, 0.5) is 5.95 Å². The van der Waals surface area contributed by atoms with Crippen LogP contribution in [-0.2, 0) is 11.2 Å². The first-order valence-electron chi connectivity index (χ1n) is 7.93. The van der Waals surface area contributed by atoms with Gasteiger partial charge in [-0.3, -0.25) is 4.79 Å². The van der Waals surface area contributed by atoms with Gasteiger partial charge in [0.1, 0.15) is 0 Å². The predicted molar refractivity (Wildman–Crippen MR) is 88.8 cm³/mol. The van der Waals surface area contributed by atoms with E-state index in [1.165, 1.54) is 0 Å². The molecule has 1 amide bonds. The van der Waals surface area contributed by atoms with Gasteiger partial charge in [-0.15, -0.1) is 0 Å². The summed E-state index contributed by atoms with van der Waals surface area (Å²) in [7, 11) is 0. The van der Waals surface area contributed by atoms with Crippen molar-refractivity contribution in [3.05, 3.63) is 30.1 Å². The van der Waals surface area contributed by atoms with Gasteiger partial charge >= 0.3 is 0 Å². The SMILES string of the molecule is C/C=C\C.CCc1ccnc(N2CC3(CN(C(C)=O)C3)C2)n1. The van der Waals surface area contributed by atoms with E-state index in [0.717, 1.165) is 44.2 Å². The number of carbonyl (C=O) groups excluding carboxylic acids is 1. The smallest absolute Gasteiger partial charge is 0.225 e. The molecule has 2 saturated heterocycles. The maximum Gasteiger partial charge on any atom is 0.225 e. The fourth-order valence-corrected chi connectivity index (χ4v) is 2.82. The van der Waals surface area contributed by atoms with E-state index in [-0.39, 0.29) is 5.91 Å². The summed E-state index contributed by atoms with van der Waals surface area (Å²) in [4.78, 5) is 24.1. The molecule has 22 heavy (non-hydrogen) atoms. The lowest BCUT2D eigenvalue weighted by atomic mass is 9.73. The van der Waals surface area contributed by atoms with Crippen LogP contribution in [0.25, 0.3) is 0 Å². The van der Waals surface area contributed by atoms with Gasteiger partial charge in [0.25, 0.3) is 0 Å². The van der Waals surface area contributed by atoms with Crippen LogP contribution in [0.15, 0.2) is 24.4 Å². The summed E-state index contributed by atoms with van der Waals surface area (Å²) >= 11 is 0. The van der Waals surface area contributed by atoms with Crippen LogP contribution in [0.3, 0.4) is 0 Å². The number of rotatable bonds is 2. The van der Waals surface area contributed by atoms with E-state index in [4.69, 9.17) is 0 Å². The van der Waals surface area contributed by atoms with Crippen LogP contribution in [-0.4, -0.2) is 47.0 Å². The molecule has 0 saturated carbocycles. The first-order chi connectivity index (χ1) is 10.5. The third-order valence-corrected chi connectivity index (χ3v) is 4.23. The summed E-state index contributed by atoms with van der Waals surface area (Å²) in [6.45, 7) is 11.5. The molecule has 3 rings (SSSR count). The van der Waals surface area contributed by atoms with Gasteiger partial charge in [-0.25, -0.2) is 9.97 Å². The molecule has 0 unspecified atom stereocenters. The fraction of sp³-hybridized carbons (Fsp3) is 0.588. The molecule has 0 atom stereocenters. The summed E-state index contributed by atoms with van der Waals surface area (Å²) < 4.78 is 0. The second kappa shape index (κ2) is 6.90. The number of hydrogen-bond acceptors (Lipinski definition) is 4. The molecule has 2 aliphatic rings. The molecular formula is C17H26N4O. The molecule has 5 nitrogen and oxygen atoms in total. The van der Waals surface area contributed by atoms with Gasteiger partial charge in [-0.1, -0.05) is 19.1 Å². The van der Waals surface area contributed by atoms with E-state index >= 15 is 0 Å². The molecule has 2 fully saturated rings. The van der Waals surface area contributed by atoms with Crippen LogP contribution in [0.5, 0.6) is 0 Å². The van der Waals surface area contributed by atoms with Crippen molar-refractivity contribution in [2.45, 2.75) is 34.1 Å². The van der Waals surface area contributed by atoms with Gasteiger partial charge in [0, 0.05) is 50.4 Å². The van der Waals surface area contributed by atoms with Crippen molar-refractivity contribution in [1.29, 1.82) is 0 Å². The minimum Gasteiger partial charge on any atom is -0.341 e. The summed E-state index contributed by atoms with van der Waals surface area (Å²) in [6.07, 6.45) is 6.77. The first kappa shape index (κ1) is 16.5. The molecule has 1 spiro atoms. The normalized spacial score (nSPS) is 18.5. The fourth-order valence-electron chi connectivity index (χ4n) is 2.82. The number of nitrogens with zero attached hydrogens (tertiary/aromatic N) is 4. The summed E-state index contributed by atoms with van der Waals surface area (Å²) in [6, 6.07) is 1.96. The molecule has 120 valence electrons. The molecule has 0 aliphatic carbocycles. The van der Waals surface area contributed by atoms with Gasteiger partial charge < -0.3 is 9.80 Å². The van der Waals surface area contributed by atoms with E-state index in [1.807, 2.05) is 43.2 Å². The van der Waals surface area contributed by atoms with Crippen molar-refractivity contribution in [2.24, 2.45) is 5.41 Å². The van der Waals surface area contributed by atoms with Gasteiger partial charge in [0.2, 0.25) is 11.9 Å². The van der Waals surface area contributed by atoms with E-state index < -0.39 is 0 Å². The van der Waals surface area contributed by atoms with Gasteiger partial charge in [-0.2, -0.15) is 0 Å². The summed E-state index contributed by atoms with van der Waals surface area (Å²) in [5.74, 6) is 1.02. The van der Waals surface area contributed by atoms with Gasteiger partial charge in [0.15, 0.2) is 0 Å². The Hall–Kier alpha value is -1.91. The highest BCUT2D eigenvalue weighted by Crippen LogP contribution is 2.40. The first-order valence-corrected chi connectivity index (χ1v) is 7.93. The highest BCUT2D eigenvalue weighted by molar-refractivity contribution is 5.74. The molecule has 1 aromatic heterocycles.